The summed E-state index contributed by atoms with van der Waals surface area (Å²) >= 11 is 3.44. The minimum atomic E-state index is 0. The van der Waals surface area contributed by atoms with Gasteiger partial charge in [0.15, 0.2) is 5.96 Å². The molecular formula is C15H25BrIN3O2. The van der Waals surface area contributed by atoms with E-state index in [0.29, 0.717) is 19.8 Å². The maximum atomic E-state index is 5.41. The maximum Gasteiger partial charge on any atom is 0.193 e. The van der Waals surface area contributed by atoms with Crippen molar-refractivity contribution in [3.05, 3.63) is 34.3 Å². The van der Waals surface area contributed by atoms with E-state index in [1.807, 2.05) is 19.2 Å². The monoisotopic (exact) mass is 485 g/mol. The van der Waals surface area contributed by atoms with Crippen molar-refractivity contribution >= 4 is 45.9 Å². The molecule has 0 saturated heterocycles. The number of hydrogen-bond acceptors (Lipinski definition) is 3. The second-order valence-corrected chi connectivity index (χ2v) is 5.48. The summed E-state index contributed by atoms with van der Waals surface area (Å²) in [6, 6.07) is 8.29. The van der Waals surface area contributed by atoms with E-state index in [0.717, 1.165) is 23.5 Å². The Morgan fingerprint density at radius 2 is 1.91 bits per heavy atom. The molecule has 0 unspecified atom stereocenters. The number of guanidine groups is 1. The largest absolute Gasteiger partial charge is 0.382 e. The SMILES string of the molecule is CN=C(NCCOCCOC)N(C)Cc1ccc(Br)cc1.I. The van der Waals surface area contributed by atoms with Gasteiger partial charge < -0.3 is 19.7 Å². The van der Waals surface area contributed by atoms with Crippen LogP contribution < -0.4 is 5.32 Å². The Bertz CT molecular complexity index is 429. The Hall–Kier alpha value is -0.380. The number of aliphatic imine (C=N–C) groups is 1. The highest BCUT2D eigenvalue weighted by Crippen LogP contribution is 2.11. The van der Waals surface area contributed by atoms with Crippen molar-refractivity contribution in [1.29, 1.82) is 0 Å². The van der Waals surface area contributed by atoms with Gasteiger partial charge in [-0.1, -0.05) is 28.1 Å². The third-order valence-corrected chi connectivity index (χ3v) is 3.40. The molecule has 0 aromatic heterocycles. The Morgan fingerprint density at radius 1 is 1.23 bits per heavy atom. The van der Waals surface area contributed by atoms with Gasteiger partial charge in [0, 0.05) is 38.8 Å². The van der Waals surface area contributed by atoms with E-state index in [1.54, 1.807) is 14.2 Å². The van der Waals surface area contributed by atoms with Gasteiger partial charge in [0.25, 0.3) is 0 Å². The number of halogens is 2. The van der Waals surface area contributed by atoms with Crippen LogP contribution >= 0.6 is 39.9 Å². The lowest BCUT2D eigenvalue weighted by Gasteiger charge is -2.22. The quantitative estimate of drug-likeness (QED) is 0.266. The maximum absolute atomic E-state index is 5.41. The van der Waals surface area contributed by atoms with Gasteiger partial charge in [-0.25, -0.2) is 0 Å². The Kier molecular flexibility index (Phi) is 12.9. The van der Waals surface area contributed by atoms with Gasteiger partial charge in [-0.05, 0) is 17.7 Å². The van der Waals surface area contributed by atoms with Crippen LogP contribution in [0.2, 0.25) is 0 Å². The second-order valence-electron chi connectivity index (χ2n) is 4.56. The van der Waals surface area contributed by atoms with Crippen molar-refractivity contribution in [2.75, 3.05) is 47.6 Å². The predicted octanol–water partition coefficient (Wildman–Crippen LogP) is 2.74. The van der Waals surface area contributed by atoms with E-state index in [9.17, 15) is 0 Å². The molecule has 0 saturated carbocycles. The van der Waals surface area contributed by atoms with Gasteiger partial charge in [0.05, 0.1) is 19.8 Å². The van der Waals surface area contributed by atoms with Gasteiger partial charge in [-0.15, -0.1) is 24.0 Å². The lowest BCUT2D eigenvalue weighted by Crippen LogP contribution is -2.40. The third-order valence-electron chi connectivity index (χ3n) is 2.87. The van der Waals surface area contributed by atoms with Crippen molar-refractivity contribution in [3.63, 3.8) is 0 Å². The van der Waals surface area contributed by atoms with Gasteiger partial charge in [0.1, 0.15) is 0 Å². The average molecular weight is 486 g/mol. The van der Waals surface area contributed by atoms with Crippen LogP contribution in [0.1, 0.15) is 5.56 Å². The summed E-state index contributed by atoms with van der Waals surface area (Å²) in [6.45, 7) is 3.40. The molecule has 0 fully saturated rings. The molecule has 0 aliphatic carbocycles. The first kappa shape index (κ1) is 21.6. The standard InChI is InChI=1S/C15H24BrN3O2.HI/c1-17-15(18-8-9-21-11-10-20-3)19(2)12-13-4-6-14(16)7-5-13;/h4-7H,8-12H2,1-3H3,(H,17,18);1H. The number of methoxy groups -OCH3 is 1. The summed E-state index contributed by atoms with van der Waals surface area (Å²) in [7, 11) is 5.47. The molecule has 1 aromatic rings. The van der Waals surface area contributed by atoms with Crippen LogP contribution in [-0.4, -0.2) is 58.4 Å². The first-order chi connectivity index (χ1) is 10.2. The fourth-order valence-electron chi connectivity index (χ4n) is 1.80. The van der Waals surface area contributed by atoms with Crippen LogP contribution in [0.3, 0.4) is 0 Å². The van der Waals surface area contributed by atoms with E-state index in [4.69, 9.17) is 9.47 Å². The molecule has 0 aliphatic rings. The van der Waals surface area contributed by atoms with E-state index in [2.05, 4.69) is 43.3 Å². The van der Waals surface area contributed by atoms with Crippen LogP contribution in [0.5, 0.6) is 0 Å². The zero-order valence-corrected chi connectivity index (χ0v) is 17.3. The Balaban J connectivity index is 0.00000441. The van der Waals surface area contributed by atoms with Crippen molar-refractivity contribution in [3.8, 4) is 0 Å². The highest BCUT2D eigenvalue weighted by molar-refractivity contribution is 14.0. The van der Waals surface area contributed by atoms with Crippen molar-refractivity contribution in [2.45, 2.75) is 6.54 Å². The first-order valence-corrected chi connectivity index (χ1v) is 7.69. The smallest absolute Gasteiger partial charge is 0.193 e. The molecule has 0 amide bonds. The van der Waals surface area contributed by atoms with Gasteiger partial charge in [0.2, 0.25) is 0 Å². The number of rotatable bonds is 8. The summed E-state index contributed by atoms with van der Waals surface area (Å²) in [6.07, 6.45) is 0. The topological polar surface area (TPSA) is 46.1 Å². The van der Waals surface area contributed by atoms with Crippen LogP contribution in [0.25, 0.3) is 0 Å². The minimum Gasteiger partial charge on any atom is -0.382 e. The number of benzene rings is 1. The van der Waals surface area contributed by atoms with E-state index in [1.165, 1.54) is 5.56 Å². The third kappa shape index (κ3) is 8.92. The first-order valence-electron chi connectivity index (χ1n) is 6.90. The molecule has 0 heterocycles. The normalized spacial score (nSPS) is 11.0. The van der Waals surface area contributed by atoms with Crippen LogP contribution in [0.15, 0.2) is 33.7 Å². The Morgan fingerprint density at radius 3 is 2.50 bits per heavy atom. The molecule has 1 aromatic carbocycles. The van der Waals surface area contributed by atoms with E-state index >= 15 is 0 Å². The lowest BCUT2D eigenvalue weighted by atomic mass is 10.2. The Labute approximate surface area is 158 Å². The summed E-state index contributed by atoms with van der Waals surface area (Å²) < 4.78 is 11.4. The predicted molar refractivity (Wildman–Crippen MR) is 105 cm³/mol. The molecule has 0 aliphatic heterocycles. The molecule has 0 atom stereocenters. The molecule has 5 nitrogen and oxygen atoms in total. The number of hydrogen-bond donors (Lipinski definition) is 1. The van der Waals surface area contributed by atoms with Crippen molar-refractivity contribution in [1.82, 2.24) is 10.2 Å². The fraction of sp³-hybridized carbons (Fsp3) is 0.533. The summed E-state index contributed by atoms with van der Waals surface area (Å²) in [5.41, 5.74) is 1.24. The van der Waals surface area contributed by atoms with Crippen LogP contribution in [-0.2, 0) is 16.0 Å². The zero-order chi connectivity index (χ0) is 15.5. The lowest BCUT2D eigenvalue weighted by molar-refractivity contribution is 0.0731. The van der Waals surface area contributed by atoms with Gasteiger partial charge in [-0.3, -0.25) is 4.99 Å². The number of nitrogens with one attached hydrogen (secondary N) is 1. The fourth-order valence-corrected chi connectivity index (χ4v) is 2.07. The summed E-state index contributed by atoms with van der Waals surface area (Å²) in [4.78, 5) is 6.36. The van der Waals surface area contributed by atoms with Crippen molar-refractivity contribution < 1.29 is 9.47 Å². The van der Waals surface area contributed by atoms with Gasteiger partial charge in [-0.2, -0.15) is 0 Å². The number of ether oxygens (including phenoxy) is 2. The molecule has 1 rings (SSSR count). The van der Waals surface area contributed by atoms with E-state index in [-0.39, 0.29) is 24.0 Å². The second kappa shape index (κ2) is 13.1. The molecule has 0 spiro atoms. The van der Waals surface area contributed by atoms with Crippen LogP contribution in [0, 0.1) is 0 Å². The minimum absolute atomic E-state index is 0. The van der Waals surface area contributed by atoms with E-state index < -0.39 is 0 Å². The molecule has 0 bridgehead atoms. The highest BCUT2D eigenvalue weighted by Gasteiger charge is 2.06. The highest BCUT2D eigenvalue weighted by atomic mass is 127. The molecule has 1 N–H and O–H groups in total. The summed E-state index contributed by atoms with van der Waals surface area (Å²) in [5.74, 6) is 0.855. The molecule has 126 valence electrons. The summed E-state index contributed by atoms with van der Waals surface area (Å²) in [5, 5.41) is 3.28. The molecular weight excluding hydrogens is 461 g/mol. The van der Waals surface area contributed by atoms with Crippen LogP contribution in [0.4, 0.5) is 0 Å². The average Bonchev–Trinajstić information content (AvgIpc) is 2.49. The molecule has 0 radical (unpaired) electrons. The molecule has 7 heteroatoms. The van der Waals surface area contributed by atoms with Gasteiger partial charge >= 0.3 is 0 Å². The zero-order valence-electron chi connectivity index (χ0n) is 13.3. The molecule has 22 heavy (non-hydrogen) atoms. The van der Waals surface area contributed by atoms with Crippen molar-refractivity contribution in [2.24, 2.45) is 4.99 Å². The number of nitrogens with zero attached hydrogens (tertiary/aromatic N) is 2.